The third-order valence-electron chi connectivity index (χ3n) is 4.17. The van der Waals surface area contributed by atoms with Crippen LogP contribution in [0.3, 0.4) is 0 Å². The number of H-pyrrole nitrogens is 1. The van der Waals surface area contributed by atoms with Crippen LogP contribution in [-0.2, 0) is 6.54 Å². The molecule has 1 fully saturated rings. The zero-order valence-corrected chi connectivity index (χ0v) is 14.3. The second kappa shape index (κ2) is 7.63. The van der Waals surface area contributed by atoms with Crippen LogP contribution in [-0.4, -0.2) is 46.5 Å². The van der Waals surface area contributed by atoms with Crippen LogP contribution in [0.15, 0.2) is 27.8 Å². The summed E-state index contributed by atoms with van der Waals surface area (Å²) in [5, 5.41) is 3.67. The second-order valence-electron chi connectivity index (χ2n) is 5.64. The summed E-state index contributed by atoms with van der Waals surface area (Å²) in [6, 6.07) is 4.87. The smallest absolute Gasteiger partial charge is 0.328 e. The molecule has 0 atom stereocenters. The van der Waals surface area contributed by atoms with Gasteiger partial charge in [0, 0.05) is 31.7 Å². The maximum atomic E-state index is 12.6. The van der Waals surface area contributed by atoms with E-state index >= 15 is 0 Å². The molecule has 0 radical (unpaired) electrons. The van der Waals surface area contributed by atoms with Crippen molar-refractivity contribution in [2.75, 3.05) is 26.2 Å². The van der Waals surface area contributed by atoms with Gasteiger partial charge in [0.15, 0.2) is 0 Å². The fourth-order valence-electron chi connectivity index (χ4n) is 2.91. The van der Waals surface area contributed by atoms with Crippen molar-refractivity contribution in [1.82, 2.24) is 19.8 Å². The van der Waals surface area contributed by atoms with E-state index in [-0.39, 0.29) is 23.9 Å². The van der Waals surface area contributed by atoms with Crippen LogP contribution in [0.2, 0.25) is 0 Å². The van der Waals surface area contributed by atoms with E-state index in [4.69, 9.17) is 0 Å². The predicted molar refractivity (Wildman–Crippen MR) is 95.1 cm³/mol. The molecule has 1 saturated heterocycles. The lowest BCUT2D eigenvalue weighted by Gasteiger charge is -2.20. The molecule has 1 amide bonds. The van der Waals surface area contributed by atoms with Crippen molar-refractivity contribution < 1.29 is 4.79 Å². The van der Waals surface area contributed by atoms with Crippen molar-refractivity contribution in [2.45, 2.75) is 19.9 Å². The van der Waals surface area contributed by atoms with Crippen LogP contribution >= 0.6 is 12.4 Å². The number of rotatable bonds is 2. The Labute approximate surface area is 145 Å². The molecule has 3 rings (SSSR count). The van der Waals surface area contributed by atoms with Gasteiger partial charge >= 0.3 is 5.69 Å². The molecule has 0 aliphatic carbocycles. The number of halogens is 1. The Hall–Kier alpha value is -2.12. The summed E-state index contributed by atoms with van der Waals surface area (Å²) in [6.45, 7) is 5.10. The first-order valence-corrected chi connectivity index (χ1v) is 7.88. The number of nitrogens with zero attached hydrogens (tertiary/aromatic N) is 2. The quantitative estimate of drug-likeness (QED) is 0.827. The van der Waals surface area contributed by atoms with Gasteiger partial charge < -0.3 is 15.2 Å². The van der Waals surface area contributed by atoms with Gasteiger partial charge in [-0.1, -0.05) is 0 Å². The predicted octanol–water partition coefficient (Wildman–Crippen LogP) is 0.567. The summed E-state index contributed by atoms with van der Waals surface area (Å²) in [5.74, 6) is -0.0730. The van der Waals surface area contributed by atoms with E-state index in [9.17, 15) is 14.4 Å². The Morgan fingerprint density at radius 3 is 2.75 bits per heavy atom. The first kappa shape index (κ1) is 18.2. The van der Waals surface area contributed by atoms with Crippen LogP contribution < -0.4 is 16.6 Å². The normalized spacial score (nSPS) is 15.0. The van der Waals surface area contributed by atoms with Crippen molar-refractivity contribution in [1.29, 1.82) is 0 Å². The molecular formula is C16H21ClN4O3. The molecule has 2 N–H and O–H groups in total. The maximum Gasteiger partial charge on any atom is 0.328 e. The van der Waals surface area contributed by atoms with Gasteiger partial charge in [-0.2, -0.15) is 0 Å². The van der Waals surface area contributed by atoms with E-state index in [0.29, 0.717) is 36.1 Å². The molecule has 0 unspecified atom stereocenters. The van der Waals surface area contributed by atoms with E-state index in [1.807, 2.05) is 0 Å². The Balaban J connectivity index is 0.00000208. The van der Waals surface area contributed by atoms with Crippen molar-refractivity contribution in [2.24, 2.45) is 0 Å². The molecule has 0 spiro atoms. The topological polar surface area (TPSA) is 87.2 Å². The van der Waals surface area contributed by atoms with E-state index in [1.165, 1.54) is 0 Å². The fraction of sp³-hybridized carbons (Fsp3) is 0.438. The first-order valence-electron chi connectivity index (χ1n) is 7.88. The van der Waals surface area contributed by atoms with Gasteiger partial charge in [0.1, 0.15) is 0 Å². The highest BCUT2D eigenvalue weighted by Gasteiger charge is 2.18. The Kier molecular flexibility index (Phi) is 5.80. The minimum absolute atomic E-state index is 0. The number of hydrogen-bond donors (Lipinski definition) is 2. The van der Waals surface area contributed by atoms with Crippen LogP contribution in [0.1, 0.15) is 23.7 Å². The van der Waals surface area contributed by atoms with Crippen molar-refractivity contribution in [3.63, 3.8) is 0 Å². The summed E-state index contributed by atoms with van der Waals surface area (Å²) in [4.78, 5) is 41.3. The van der Waals surface area contributed by atoms with Crippen molar-refractivity contribution in [3.8, 4) is 0 Å². The molecule has 2 aromatic rings. The zero-order chi connectivity index (χ0) is 16.4. The second-order valence-corrected chi connectivity index (χ2v) is 5.64. The number of carbonyl (C=O) groups is 1. The van der Waals surface area contributed by atoms with Gasteiger partial charge in [-0.15, -0.1) is 12.4 Å². The molecule has 1 aromatic carbocycles. The van der Waals surface area contributed by atoms with Crippen LogP contribution in [0.4, 0.5) is 0 Å². The molecule has 24 heavy (non-hydrogen) atoms. The number of aromatic amines is 1. The average molecular weight is 353 g/mol. The molecule has 0 bridgehead atoms. The Morgan fingerprint density at radius 2 is 2.00 bits per heavy atom. The van der Waals surface area contributed by atoms with Gasteiger partial charge in [-0.25, -0.2) is 4.79 Å². The highest BCUT2D eigenvalue weighted by Crippen LogP contribution is 2.12. The molecule has 1 aromatic heterocycles. The Morgan fingerprint density at radius 1 is 1.21 bits per heavy atom. The third kappa shape index (κ3) is 3.37. The average Bonchev–Trinajstić information content (AvgIpc) is 2.83. The van der Waals surface area contributed by atoms with E-state index in [2.05, 4.69) is 10.3 Å². The van der Waals surface area contributed by atoms with Crippen LogP contribution in [0, 0.1) is 0 Å². The lowest BCUT2D eigenvalue weighted by Crippen LogP contribution is -2.35. The number of amides is 1. The van der Waals surface area contributed by atoms with E-state index < -0.39 is 5.69 Å². The number of hydrogen-bond acceptors (Lipinski definition) is 4. The molecule has 2 heterocycles. The molecular weight excluding hydrogens is 332 g/mol. The molecule has 130 valence electrons. The monoisotopic (exact) mass is 352 g/mol. The van der Waals surface area contributed by atoms with Gasteiger partial charge in [0.25, 0.3) is 11.5 Å². The van der Waals surface area contributed by atoms with E-state index in [0.717, 1.165) is 24.1 Å². The highest BCUT2D eigenvalue weighted by molar-refractivity contribution is 5.97. The number of nitrogens with one attached hydrogen (secondary N) is 2. The highest BCUT2D eigenvalue weighted by atomic mass is 35.5. The van der Waals surface area contributed by atoms with E-state index in [1.54, 1.807) is 30.0 Å². The maximum absolute atomic E-state index is 12.6. The standard InChI is InChI=1S/C16H20N4O3.ClH/c1-2-20-15(22)12-5-4-11(10-13(12)18-16(20)23)14(21)19-8-3-6-17-7-9-19;/h4-5,10,17H,2-3,6-9H2,1H3,(H,18,23);1H. The zero-order valence-electron chi connectivity index (χ0n) is 13.5. The largest absolute Gasteiger partial charge is 0.337 e. The van der Waals surface area contributed by atoms with Gasteiger partial charge in [-0.05, 0) is 38.1 Å². The molecule has 1 aliphatic rings. The lowest BCUT2D eigenvalue weighted by molar-refractivity contribution is 0.0766. The molecule has 0 saturated carbocycles. The fourth-order valence-corrected chi connectivity index (χ4v) is 2.91. The summed E-state index contributed by atoms with van der Waals surface area (Å²) >= 11 is 0. The summed E-state index contributed by atoms with van der Waals surface area (Å²) in [7, 11) is 0. The Bertz CT molecular complexity index is 851. The summed E-state index contributed by atoms with van der Waals surface area (Å²) < 4.78 is 1.14. The summed E-state index contributed by atoms with van der Waals surface area (Å²) in [5.41, 5.74) is 0.116. The van der Waals surface area contributed by atoms with Crippen LogP contribution in [0.25, 0.3) is 10.9 Å². The molecule has 8 heteroatoms. The number of aromatic nitrogens is 2. The van der Waals surface area contributed by atoms with Gasteiger partial charge in [-0.3, -0.25) is 14.2 Å². The number of carbonyl (C=O) groups excluding carboxylic acids is 1. The minimum Gasteiger partial charge on any atom is -0.337 e. The van der Waals surface area contributed by atoms with Crippen molar-refractivity contribution >= 4 is 29.2 Å². The van der Waals surface area contributed by atoms with Crippen molar-refractivity contribution in [3.05, 3.63) is 44.6 Å². The molecule has 7 nitrogen and oxygen atoms in total. The SMILES string of the molecule is CCn1c(=O)[nH]c2cc(C(=O)N3CCCNCC3)ccc2c1=O.Cl. The summed E-state index contributed by atoms with van der Waals surface area (Å²) in [6.07, 6.45) is 0.914. The minimum atomic E-state index is -0.450. The lowest BCUT2D eigenvalue weighted by atomic mass is 10.1. The van der Waals surface area contributed by atoms with Gasteiger partial charge in [0.05, 0.1) is 10.9 Å². The van der Waals surface area contributed by atoms with Gasteiger partial charge in [0.2, 0.25) is 0 Å². The number of benzene rings is 1. The molecule has 1 aliphatic heterocycles. The third-order valence-corrected chi connectivity index (χ3v) is 4.17. The first-order chi connectivity index (χ1) is 11.1. The van der Waals surface area contributed by atoms with Crippen LogP contribution in [0.5, 0.6) is 0 Å². The number of fused-ring (bicyclic) bond motifs is 1.